The predicted molar refractivity (Wildman–Crippen MR) is 72.3 cm³/mol. The van der Waals surface area contributed by atoms with E-state index < -0.39 is 0 Å². The molecular formula is C13H14ClNS. The minimum absolute atomic E-state index is 0.840. The van der Waals surface area contributed by atoms with Crippen molar-refractivity contribution in [3.63, 3.8) is 0 Å². The summed E-state index contributed by atoms with van der Waals surface area (Å²) in [6.07, 6.45) is 0. The summed E-state index contributed by atoms with van der Waals surface area (Å²) in [4.78, 5) is 1.24. The maximum absolute atomic E-state index is 5.98. The Balaban J connectivity index is 2.48. The maximum Gasteiger partial charge on any atom is 0.0934 e. The zero-order chi connectivity index (χ0) is 11.5. The topological polar surface area (TPSA) is 12.0 Å². The summed E-state index contributed by atoms with van der Waals surface area (Å²) in [5.74, 6) is 0. The number of rotatable bonds is 3. The Morgan fingerprint density at radius 2 is 2.06 bits per heavy atom. The summed E-state index contributed by atoms with van der Waals surface area (Å²) in [5.41, 5.74) is 3.87. The molecule has 0 saturated heterocycles. The van der Waals surface area contributed by atoms with Crippen LogP contribution >= 0.6 is 22.9 Å². The Labute approximate surface area is 105 Å². The number of hydrogen-bond acceptors (Lipinski definition) is 2. The van der Waals surface area contributed by atoms with Crippen molar-refractivity contribution in [3.05, 3.63) is 45.8 Å². The second kappa shape index (κ2) is 5.00. The molecule has 0 unspecified atom stereocenters. The van der Waals surface area contributed by atoms with E-state index >= 15 is 0 Å². The van der Waals surface area contributed by atoms with Gasteiger partial charge in [0.25, 0.3) is 0 Å². The van der Waals surface area contributed by atoms with Gasteiger partial charge in [-0.2, -0.15) is 0 Å². The summed E-state index contributed by atoms with van der Waals surface area (Å²) in [6, 6.07) is 10.6. The van der Waals surface area contributed by atoms with Gasteiger partial charge in [0.2, 0.25) is 0 Å². The van der Waals surface area contributed by atoms with Crippen molar-refractivity contribution in [3.8, 4) is 10.4 Å². The second-order valence-corrected chi connectivity index (χ2v) is 5.51. The molecule has 0 aliphatic carbocycles. The summed E-state index contributed by atoms with van der Waals surface area (Å²) < 4.78 is 0.840. The lowest BCUT2D eigenvalue weighted by Gasteiger charge is -2.08. The van der Waals surface area contributed by atoms with Crippen molar-refractivity contribution in [2.75, 3.05) is 7.05 Å². The summed E-state index contributed by atoms with van der Waals surface area (Å²) >= 11 is 7.61. The van der Waals surface area contributed by atoms with Gasteiger partial charge in [0.15, 0.2) is 0 Å². The van der Waals surface area contributed by atoms with Gasteiger partial charge in [-0.15, -0.1) is 11.3 Å². The minimum Gasteiger partial charge on any atom is -0.316 e. The van der Waals surface area contributed by atoms with Gasteiger partial charge in [-0.05, 0) is 37.2 Å². The molecule has 84 valence electrons. The lowest BCUT2D eigenvalue weighted by atomic mass is 10.0. The van der Waals surface area contributed by atoms with Crippen molar-refractivity contribution in [1.82, 2.24) is 5.32 Å². The van der Waals surface area contributed by atoms with E-state index in [9.17, 15) is 0 Å². The Morgan fingerprint density at radius 3 is 2.69 bits per heavy atom. The van der Waals surface area contributed by atoms with Crippen LogP contribution in [0.3, 0.4) is 0 Å². The Bertz CT molecular complexity index is 490. The van der Waals surface area contributed by atoms with E-state index in [2.05, 4.69) is 36.5 Å². The molecular weight excluding hydrogens is 238 g/mol. The lowest BCUT2D eigenvalue weighted by molar-refractivity contribution is 0.819. The van der Waals surface area contributed by atoms with Crippen molar-refractivity contribution in [2.24, 2.45) is 0 Å². The van der Waals surface area contributed by atoms with E-state index in [0.29, 0.717) is 0 Å². The SMILES string of the molecule is CNCc1ccc(C)cc1-c1ccc(Cl)s1. The molecule has 0 radical (unpaired) electrons. The number of nitrogens with one attached hydrogen (secondary N) is 1. The van der Waals surface area contributed by atoms with Crippen LogP contribution in [-0.4, -0.2) is 7.05 Å². The van der Waals surface area contributed by atoms with Crippen molar-refractivity contribution in [1.29, 1.82) is 0 Å². The third kappa shape index (κ3) is 2.46. The molecule has 0 aliphatic rings. The molecule has 0 saturated carbocycles. The monoisotopic (exact) mass is 251 g/mol. The first kappa shape index (κ1) is 11.6. The number of halogens is 1. The van der Waals surface area contributed by atoms with Gasteiger partial charge < -0.3 is 5.32 Å². The van der Waals surface area contributed by atoms with Gasteiger partial charge in [-0.3, -0.25) is 0 Å². The van der Waals surface area contributed by atoms with Crippen molar-refractivity contribution in [2.45, 2.75) is 13.5 Å². The molecule has 0 amide bonds. The van der Waals surface area contributed by atoms with Gasteiger partial charge in [0.1, 0.15) is 0 Å². The fourth-order valence-electron chi connectivity index (χ4n) is 1.72. The summed E-state index contributed by atoms with van der Waals surface area (Å²) in [5, 5.41) is 3.19. The standard InChI is InChI=1S/C13H14ClNS/c1-9-3-4-10(8-15-2)11(7-9)12-5-6-13(14)16-12/h3-7,15H,8H2,1-2H3. The number of benzene rings is 1. The first-order valence-corrected chi connectivity index (χ1v) is 6.40. The van der Waals surface area contributed by atoms with Crippen LogP contribution in [0.2, 0.25) is 4.34 Å². The zero-order valence-corrected chi connectivity index (χ0v) is 11.0. The zero-order valence-electron chi connectivity index (χ0n) is 9.38. The first-order valence-electron chi connectivity index (χ1n) is 5.20. The normalized spacial score (nSPS) is 10.7. The highest BCUT2D eigenvalue weighted by Gasteiger charge is 2.07. The summed E-state index contributed by atoms with van der Waals surface area (Å²) in [6.45, 7) is 2.99. The smallest absolute Gasteiger partial charge is 0.0934 e. The molecule has 3 heteroatoms. The van der Waals surface area contributed by atoms with Crippen molar-refractivity contribution >= 4 is 22.9 Å². The highest BCUT2D eigenvalue weighted by molar-refractivity contribution is 7.19. The highest BCUT2D eigenvalue weighted by atomic mass is 35.5. The molecule has 0 atom stereocenters. The Kier molecular flexibility index (Phi) is 3.64. The molecule has 2 rings (SSSR count). The van der Waals surface area contributed by atoms with Gasteiger partial charge in [0.05, 0.1) is 4.34 Å². The molecule has 1 nitrogen and oxygen atoms in total. The van der Waals surface area contributed by atoms with Crippen LogP contribution in [0.1, 0.15) is 11.1 Å². The molecule has 0 spiro atoms. The molecule has 1 N–H and O–H groups in total. The first-order chi connectivity index (χ1) is 7.70. The van der Waals surface area contributed by atoms with Crippen LogP contribution in [0.5, 0.6) is 0 Å². The average molecular weight is 252 g/mol. The minimum atomic E-state index is 0.840. The van der Waals surface area contributed by atoms with Gasteiger partial charge in [0, 0.05) is 11.4 Å². The fraction of sp³-hybridized carbons (Fsp3) is 0.231. The third-order valence-electron chi connectivity index (χ3n) is 2.47. The van der Waals surface area contributed by atoms with E-state index in [1.165, 1.54) is 21.6 Å². The molecule has 2 aromatic rings. The van der Waals surface area contributed by atoms with Crippen LogP contribution < -0.4 is 5.32 Å². The summed E-state index contributed by atoms with van der Waals surface area (Å²) in [7, 11) is 1.96. The highest BCUT2D eigenvalue weighted by Crippen LogP contribution is 2.33. The Hall–Kier alpha value is -0.830. The number of thiophene rings is 1. The van der Waals surface area contributed by atoms with Crippen molar-refractivity contribution < 1.29 is 0 Å². The quantitative estimate of drug-likeness (QED) is 0.866. The van der Waals surface area contributed by atoms with Gasteiger partial charge in [-0.1, -0.05) is 35.4 Å². The Morgan fingerprint density at radius 1 is 1.25 bits per heavy atom. The largest absolute Gasteiger partial charge is 0.316 e. The van der Waals surface area contributed by atoms with Gasteiger partial charge >= 0.3 is 0 Å². The van der Waals surface area contributed by atoms with Gasteiger partial charge in [-0.25, -0.2) is 0 Å². The maximum atomic E-state index is 5.98. The van der Waals surface area contributed by atoms with E-state index in [4.69, 9.17) is 11.6 Å². The number of hydrogen-bond donors (Lipinski definition) is 1. The molecule has 0 fully saturated rings. The fourth-order valence-corrected chi connectivity index (χ4v) is 2.82. The second-order valence-electron chi connectivity index (χ2n) is 3.79. The van der Waals surface area contributed by atoms with Crippen LogP contribution in [0.25, 0.3) is 10.4 Å². The predicted octanol–water partition coefficient (Wildman–Crippen LogP) is 4.10. The molecule has 1 heterocycles. The lowest BCUT2D eigenvalue weighted by Crippen LogP contribution is -2.06. The van der Waals surface area contributed by atoms with E-state index in [1.54, 1.807) is 11.3 Å². The van der Waals surface area contributed by atoms with Crippen LogP contribution in [0, 0.1) is 6.92 Å². The number of aryl methyl sites for hydroxylation is 1. The molecule has 16 heavy (non-hydrogen) atoms. The molecule has 1 aromatic heterocycles. The van der Waals surface area contributed by atoms with Crippen LogP contribution in [0.4, 0.5) is 0 Å². The van der Waals surface area contributed by atoms with E-state index in [1.807, 2.05) is 13.1 Å². The van der Waals surface area contributed by atoms with E-state index in [0.717, 1.165) is 10.9 Å². The van der Waals surface area contributed by atoms with Crippen LogP contribution in [0.15, 0.2) is 30.3 Å². The van der Waals surface area contributed by atoms with Crippen LogP contribution in [-0.2, 0) is 6.54 Å². The average Bonchev–Trinajstić information content (AvgIpc) is 2.68. The molecule has 1 aromatic carbocycles. The molecule has 0 aliphatic heterocycles. The molecule has 0 bridgehead atoms. The van der Waals surface area contributed by atoms with E-state index in [-0.39, 0.29) is 0 Å². The third-order valence-corrected chi connectivity index (χ3v) is 3.74.